The third kappa shape index (κ3) is 6.17. The first kappa shape index (κ1) is 31.5. The highest BCUT2D eigenvalue weighted by Gasteiger charge is 2.24. The Labute approximate surface area is 290 Å². The van der Waals surface area contributed by atoms with Crippen molar-refractivity contribution in [2.75, 3.05) is 0 Å². The second-order valence-electron chi connectivity index (χ2n) is 12.2. The van der Waals surface area contributed by atoms with Gasteiger partial charge in [0, 0.05) is 6.07 Å². The van der Waals surface area contributed by atoms with E-state index in [1.54, 1.807) is 11.3 Å². The quantitative estimate of drug-likeness (QED) is 0.105. The Kier molecular flexibility index (Phi) is 8.11. The largest absolute Gasteiger partial charge is 0.451 e. The van der Waals surface area contributed by atoms with Crippen molar-refractivity contribution >= 4 is 87.7 Å². The predicted molar refractivity (Wildman–Crippen MR) is 197 cm³/mol. The molecule has 6 heterocycles. The monoisotopic (exact) mass is 708 g/mol. The molecule has 0 radical (unpaired) electrons. The van der Waals surface area contributed by atoms with E-state index in [0.717, 1.165) is 68.8 Å². The topological polar surface area (TPSA) is 116 Å². The van der Waals surface area contributed by atoms with Gasteiger partial charge in [-0.25, -0.2) is 0 Å². The van der Waals surface area contributed by atoms with Crippen molar-refractivity contribution in [1.82, 2.24) is 19.6 Å². The Morgan fingerprint density at radius 1 is 0.755 bits per heavy atom. The average molecular weight is 709 g/mol. The molecular weight excluding hydrogens is 677 g/mol. The standard InChI is InChI=1S/C37H32N4O5S3/c1-23-10-14-25(15-11-23)21-40-32-34(45-29-18-19-47-36(29)32)27(38-40)8-6-4-3-5-7-9-28-35-33(37-30(46-35)20-31(48-37)49(42,43)44)41(39-28)22-26-16-12-24(2)13-17-26/h6-20H,3-5,21-22H2,1-2H3,(H,42,43,44). The van der Waals surface area contributed by atoms with E-state index in [0.29, 0.717) is 40.2 Å². The van der Waals surface area contributed by atoms with Crippen molar-refractivity contribution in [3.63, 3.8) is 0 Å². The van der Waals surface area contributed by atoms with E-state index < -0.39 is 10.1 Å². The Balaban J connectivity index is 0.989. The number of benzene rings is 2. The molecule has 0 aliphatic rings. The SMILES string of the molecule is Cc1ccc(Cn2nc(C=CCCCC=Cc3nn(Cc4ccc(C)cc4)c4c3oc3cc(S(=O)(=O)O)sc34)c3oc4ccsc4c32)cc1. The molecule has 1 N–H and O–H groups in total. The Bertz CT molecular complexity index is 2630. The van der Waals surface area contributed by atoms with Gasteiger partial charge in [0.1, 0.15) is 38.3 Å². The van der Waals surface area contributed by atoms with Crippen molar-refractivity contribution in [2.24, 2.45) is 0 Å². The molecule has 0 saturated carbocycles. The van der Waals surface area contributed by atoms with Gasteiger partial charge in [0.25, 0.3) is 0 Å². The molecular formula is C37H32N4O5S3. The van der Waals surface area contributed by atoms with Gasteiger partial charge in [0.15, 0.2) is 15.4 Å². The molecule has 0 bridgehead atoms. The van der Waals surface area contributed by atoms with E-state index in [1.807, 2.05) is 33.8 Å². The van der Waals surface area contributed by atoms with Crippen LogP contribution in [0.25, 0.3) is 54.9 Å². The van der Waals surface area contributed by atoms with Crippen molar-refractivity contribution in [3.05, 3.63) is 112 Å². The summed E-state index contributed by atoms with van der Waals surface area (Å²) in [6.45, 7) is 5.29. The fourth-order valence-electron chi connectivity index (χ4n) is 5.98. The third-order valence-electron chi connectivity index (χ3n) is 8.48. The number of furan rings is 2. The molecule has 0 aliphatic heterocycles. The molecule has 6 aromatic heterocycles. The van der Waals surface area contributed by atoms with Crippen LogP contribution in [0.1, 0.15) is 52.9 Å². The minimum absolute atomic E-state index is 0.151. The van der Waals surface area contributed by atoms with Crippen molar-refractivity contribution in [3.8, 4) is 0 Å². The molecule has 0 fully saturated rings. The Morgan fingerprint density at radius 3 is 1.84 bits per heavy atom. The van der Waals surface area contributed by atoms with Gasteiger partial charge >= 0.3 is 10.1 Å². The molecule has 0 aliphatic carbocycles. The van der Waals surface area contributed by atoms with Gasteiger partial charge in [-0.3, -0.25) is 13.9 Å². The third-order valence-corrected chi connectivity index (χ3v) is 11.8. The first-order valence-corrected chi connectivity index (χ1v) is 19.1. The lowest BCUT2D eigenvalue weighted by Gasteiger charge is -2.03. The second kappa shape index (κ2) is 12.6. The lowest BCUT2D eigenvalue weighted by Crippen LogP contribution is -2.01. The summed E-state index contributed by atoms with van der Waals surface area (Å²) >= 11 is 2.66. The van der Waals surface area contributed by atoms with Crippen LogP contribution in [0.5, 0.6) is 0 Å². The zero-order valence-electron chi connectivity index (χ0n) is 26.8. The van der Waals surface area contributed by atoms with E-state index in [1.165, 1.54) is 17.2 Å². The van der Waals surface area contributed by atoms with Crippen LogP contribution in [0, 0.1) is 13.8 Å². The van der Waals surface area contributed by atoms with Gasteiger partial charge in [-0.05, 0) is 67.8 Å². The second-order valence-corrected chi connectivity index (χ2v) is 15.8. The Morgan fingerprint density at radius 2 is 1.29 bits per heavy atom. The highest BCUT2D eigenvalue weighted by atomic mass is 32.3. The first-order valence-electron chi connectivity index (χ1n) is 15.9. The zero-order valence-corrected chi connectivity index (χ0v) is 29.2. The number of aromatic nitrogens is 4. The summed E-state index contributed by atoms with van der Waals surface area (Å²) in [4.78, 5) is 0. The fraction of sp³-hybridized carbons (Fsp3) is 0.189. The summed E-state index contributed by atoms with van der Waals surface area (Å²) in [6, 6.07) is 20.1. The molecule has 248 valence electrons. The molecule has 8 rings (SSSR count). The first-order chi connectivity index (χ1) is 23.7. The van der Waals surface area contributed by atoms with E-state index in [2.05, 4.69) is 73.7 Å². The van der Waals surface area contributed by atoms with Crippen molar-refractivity contribution in [2.45, 2.75) is 50.4 Å². The molecule has 0 spiro atoms. The van der Waals surface area contributed by atoms with Crippen LogP contribution >= 0.6 is 22.7 Å². The number of allylic oxidation sites excluding steroid dienone is 2. The lowest BCUT2D eigenvalue weighted by molar-refractivity contribution is 0.485. The van der Waals surface area contributed by atoms with Crippen LogP contribution in [0.15, 0.2) is 91.2 Å². The van der Waals surface area contributed by atoms with E-state index in [-0.39, 0.29) is 4.21 Å². The van der Waals surface area contributed by atoms with Crippen LogP contribution in [0.4, 0.5) is 0 Å². The molecule has 8 aromatic rings. The number of aryl methyl sites for hydroxylation is 2. The summed E-state index contributed by atoms with van der Waals surface area (Å²) < 4.78 is 51.1. The number of nitrogens with zero attached hydrogens (tertiary/aromatic N) is 4. The molecule has 0 amide bonds. The molecule has 0 atom stereocenters. The van der Waals surface area contributed by atoms with Gasteiger partial charge in [0.05, 0.1) is 17.8 Å². The molecule has 0 unspecified atom stereocenters. The van der Waals surface area contributed by atoms with Crippen LogP contribution in [-0.2, 0) is 23.2 Å². The van der Waals surface area contributed by atoms with Gasteiger partial charge in [0.2, 0.25) is 0 Å². The molecule has 49 heavy (non-hydrogen) atoms. The van der Waals surface area contributed by atoms with Gasteiger partial charge in [-0.2, -0.15) is 18.6 Å². The number of hydrogen-bond donors (Lipinski definition) is 1. The van der Waals surface area contributed by atoms with Gasteiger partial charge in [-0.1, -0.05) is 71.8 Å². The fourth-order valence-corrected chi connectivity index (χ4v) is 8.64. The minimum Gasteiger partial charge on any atom is -0.451 e. The Hall–Kier alpha value is -4.75. The number of unbranched alkanes of at least 4 members (excludes halogenated alkanes) is 2. The molecule has 12 heteroatoms. The van der Waals surface area contributed by atoms with E-state index >= 15 is 0 Å². The van der Waals surface area contributed by atoms with E-state index in [4.69, 9.17) is 19.0 Å². The van der Waals surface area contributed by atoms with Crippen molar-refractivity contribution < 1.29 is 21.8 Å². The number of thiophene rings is 2. The van der Waals surface area contributed by atoms with Crippen molar-refractivity contribution in [1.29, 1.82) is 0 Å². The summed E-state index contributed by atoms with van der Waals surface area (Å²) in [6.07, 6.45) is 10.8. The average Bonchev–Trinajstić information content (AvgIpc) is 3.89. The number of fused-ring (bicyclic) bond motifs is 6. The number of rotatable bonds is 11. The van der Waals surface area contributed by atoms with Gasteiger partial charge in [-0.15, -0.1) is 22.7 Å². The van der Waals surface area contributed by atoms with Crippen LogP contribution in [-0.4, -0.2) is 32.5 Å². The van der Waals surface area contributed by atoms with Gasteiger partial charge < -0.3 is 8.83 Å². The summed E-state index contributed by atoms with van der Waals surface area (Å²) in [5, 5.41) is 11.8. The highest BCUT2D eigenvalue weighted by Crippen LogP contribution is 2.39. The van der Waals surface area contributed by atoms with Crippen LogP contribution in [0.2, 0.25) is 0 Å². The lowest BCUT2D eigenvalue weighted by atomic mass is 10.1. The molecule has 2 aromatic carbocycles. The van der Waals surface area contributed by atoms with Crippen LogP contribution < -0.4 is 0 Å². The predicted octanol–water partition coefficient (Wildman–Crippen LogP) is 9.86. The summed E-state index contributed by atoms with van der Waals surface area (Å²) in [5.74, 6) is 0. The highest BCUT2D eigenvalue weighted by molar-refractivity contribution is 7.88. The normalized spacial score (nSPS) is 12.8. The summed E-state index contributed by atoms with van der Waals surface area (Å²) in [7, 11) is -4.34. The summed E-state index contributed by atoms with van der Waals surface area (Å²) in [5.41, 5.74) is 10.6. The smallest absolute Gasteiger partial charge is 0.304 e. The maximum atomic E-state index is 11.8. The number of hydrogen-bond acceptors (Lipinski definition) is 8. The van der Waals surface area contributed by atoms with E-state index in [9.17, 15) is 13.0 Å². The maximum absolute atomic E-state index is 11.8. The maximum Gasteiger partial charge on any atom is 0.304 e. The van der Waals surface area contributed by atoms with Crippen LogP contribution in [0.3, 0.4) is 0 Å². The molecule has 9 nitrogen and oxygen atoms in total. The minimum atomic E-state index is -4.34. The zero-order chi connectivity index (χ0) is 33.7. The molecule has 0 saturated heterocycles.